The van der Waals surface area contributed by atoms with Crippen LogP contribution in [0.25, 0.3) is 11.3 Å². The molecule has 0 saturated carbocycles. The summed E-state index contributed by atoms with van der Waals surface area (Å²) < 4.78 is 14.6. The van der Waals surface area contributed by atoms with Crippen molar-refractivity contribution >= 4 is 29.1 Å². The van der Waals surface area contributed by atoms with Gasteiger partial charge in [-0.15, -0.1) is 0 Å². The zero-order chi connectivity index (χ0) is 18.0. The number of rotatable bonds is 4. The van der Waals surface area contributed by atoms with Crippen LogP contribution >= 0.6 is 23.2 Å². The van der Waals surface area contributed by atoms with Crippen molar-refractivity contribution in [2.24, 2.45) is 5.84 Å². The number of aromatic nitrogens is 2. The molecule has 3 rings (SSSR count). The second kappa shape index (κ2) is 7.23. The molecule has 1 amide bonds. The number of carbonyl (C=O) groups excluding carboxylic acids is 1. The number of nitrogens with two attached hydrogens (primary N) is 1. The summed E-state index contributed by atoms with van der Waals surface area (Å²) in [5.74, 6) is 4.40. The van der Waals surface area contributed by atoms with E-state index in [2.05, 4.69) is 10.5 Å². The maximum Gasteiger partial charge on any atom is 0.283 e. The van der Waals surface area contributed by atoms with E-state index < -0.39 is 5.91 Å². The minimum atomic E-state index is -0.494. The predicted octanol–water partition coefficient (Wildman–Crippen LogP) is 3.65. The average molecular weight is 379 g/mol. The first-order valence-corrected chi connectivity index (χ1v) is 8.02. The summed E-state index contributed by atoms with van der Waals surface area (Å²) >= 11 is 12.1. The van der Waals surface area contributed by atoms with Crippen LogP contribution in [-0.4, -0.2) is 15.7 Å². The molecular formula is C17H13Cl2FN4O. The highest BCUT2D eigenvalue weighted by Crippen LogP contribution is 2.24. The Morgan fingerprint density at radius 3 is 2.52 bits per heavy atom. The molecule has 0 spiro atoms. The summed E-state index contributed by atoms with van der Waals surface area (Å²) in [6.07, 6.45) is 0. The van der Waals surface area contributed by atoms with Crippen LogP contribution in [0.5, 0.6) is 0 Å². The topological polar surface area (TPSA) is 72.9 Å². The Balaban J connectivity index is 2.02. The summed E-state index contributed by atoms with van der Waals surface area (Å²) in [6.45, 7) is 0.250. The fourth-order valence-corrected chi connectivity index (χ4v) is 2.84. The predicted molar refractivity (Wildman–Crippen MR) is 94.8 cm³/mol. The molecular weight excluding hydrogens is 366 g/mol. The molecule has 1 aromatic heterocycles. The van der Waals surface area contributed by atoms with E-state index in [9.17, 15) is 9.18 Å². The number of carbonyl (C=O) groups is 1. The number of halogens is 3. The molecule has 0 fully saturated rings. The van der Waals surface area contributed by atoms with Gasteiger partial charge < -0.3 is 0 Å². The van der Waals surface area contributed by atoms with Crippen molar-refractivity contribution < 1.29 is 9.18 Å². The van der Waals surface area contributed by atoms with Crippen molar-refractivity contribution in [1.29, 1.82) is 0 Å². The first kappa shape index (κ1) is 17.4. The van der Waals surface area contributed by atoms with Crippen LogP contribution in [0.3, 0.4) is 0 Å². The van der Waals surface area contributed by atoms with Crippen LogP contribution in [0.2, 0.25) is 10.0 Å². The number of hydrogen-bond donors (Lipinski definition) is 2. The Bertz CT molecular complexity index is 925. The number of hydrogen-bond acceptors (Lipinski definition) is 3. The Labute approximate surface area is 153 Å². The fraction of sp³-hybridized carbons (Fsp3) is 0.0588. The molecule has 0 bridgehead atoms. The lowest BCUT2D eigenvalue weighted by Crippen LogP contribution is -2.32. The molecule has 25 heavy (non-hydrogen) atoms. The Kier molecular flexibility index (Phi) is 5.03. The number of nitrogens with zero attached hydrogens (tertiary/aromatic N) is 2. The van der Waals surface area contributed by atoms with Crippen molar-refractivity contribution in [2.75, 3.05) is 0 Å². The van der Waals surface area contributed by atoms with Crippen LogP contribution < -0.4 is 11.3 Å². The summed E-state index contributed by atoms with van der Waals surface area (Å²) in [7, 11) is 0. The summed E-state index contributed by atoms with van der Waals surface area (Å²) in [5, 5.41) is 5.40. The minimum Gasteiger partial charge on any atom is -0.289 e. The van der Waals surface area contributed by atoms with Crippen molar-refractivity contribution in [2.45, 2.75) is 6.54 Å². The molecule has 0 radical (unpaired) electrons. The molecule has 2 aromatic carbocycles. The zero-order valence-electron chi connectivity index (χ0n) is 12.8. The van der Waals surface area contributed by atoms with Gasteiger partial charge >= 0.3 is 0 Å². The van der Waals surface area contributed by atoms with Gasteiger partial charge in [0.2, 0.25) is 0 Å². The SMILES string of the molecule is NNC(=O)c1cc(-c2ccc(F)cc2)nn1Cc1ccc(Cl)cc1Cl. The van der Waals surface area contributed by atoms with Gasteiger partial charge in [-0.3, -0.25) is 14.9 Å². The minimum absolute atomic E-state index is 0.250. The van der Waals surface area contributed by atoms with Gasteiger partial charge in [0.05, 0.1) is 12.2 Å². The monoisotopic (exact) mass is 378 g/mol. The molecule has 8 heteroatoms. The van der Waals surface area contributed by atoms with E-state index in [1.54, 1.807) is 36.4 Å². The number of nitrogen functional groups attached to an aromatic ring is 1. The second-order valence-electron chi connectivity index (χ2n) is 5.29. The van der Waals surface area contributed by atoms with E-state index in [4.69, 9.17) is 29.0 Å². The lowest BCUT2D eigenvalue weighted by molar-refractivity contribution is 0.0943. The Morgan fingerprint density at radius 2 is 1.88 bits per heavy atom. The molecule has 0 atom stereocenters. The first-order chi connectivity index (χ1) is 12.0. The van der Waals surface area contributed by atoms with Gasteiger partial charge in [0, 0.05) is 15.6 Å². The van der Waals surface area contributed by atoms with Crippen LogP contribution in [0.15, 0.2) is 48.5 Å². The highest BCUT2D eigenvalue weighted by Gasteiger charge is 2.17. The summed E-state index contributed by atoms with van der Waals surface area (Å²) in [5.41, 5.74) is 4.28. The van der Waals surface area contributed by atoms with Crippen LogP contribution in [-0.2, 0) is 6.54 Å². The number of hydrazine groups is 1. The smallest absolute Gasteiger partial charge is 0.283 e. The maximum absolute atomic E-state index is 13.1. The fourth-order valence-electron chi connectivity index (χ4n) is 2.37. The van der Waals surface area contributed by atoms with Crippen LogP contribution in [0.4, 0.5) is 4.39 Å². The third-order valence-corrected chi connectivity index (χ3v) is 4.21. The van der Waals surface area contributed by atoms with Crippen molar-refractivity contribution in [3.63, 3.8) is 0 Å². The van der Waals surface area contributed by atoms with Crippen LogP contribution in [0, 0.1) is 5.82 Å². The standard InChI is InChI=1S/C17H13Cl2FN4O/c18-12-4-1-11(14(19)7-12)9-24-16(17(25)22-21)8-15(23-24)10-2-5-13(20)6-3-10/h1-8H,9,21H2,(H,22,25). The normalized spacial score (nSPS) is 10.7. The molecule has 0 aliphatic heterocycles. The number of benzene rings is 2. The summed E-state index contributed by atoms with van der Waals surface area (Å²) in [4.78, 5) is 12.1. The highest BCUT2D eigenvalue weighted by molar-refractivity contribution is 6.35. The van der Waals surface area contributed by atoms with E-state index in [1.807, 2.05) is 0 Å². The van der Waals surface area contributed by atoms with E-state index in [-0.39, 0.29) is 18.1 Å². The molecule has 0 aliphatic carbocycles. The molecule has 3 N–H and O–H groups in total. The number of amides is 1. The average Bonchev–Trinajstić information content (AvgIpc) is 3.01. The third kappa shape index (κ3) is 3.82. The van der Waals surface area contributed by atoms with E-state index in [0.29, 0.717) is 21.3 Å². The first-order valence-electron chi connectivity index (χ1n) is 7.26. The lowest BCUT2D eigenvalue weighted by Gasteiger charge is -2.08. The molecule has 128 valence electrons. The maximum atomic E-state index is 13.1. The van der Waals surface area contributed by atoms with Gasteiger partial charge in [-0.25, -0.2) is 10.2 Å². The zero-order valence-corrected chi connectivity index (χ0v) is 14.4. The molecule has 0 saturated heterocycles. The van der Waals surface area contributed by atoms with Gasteiger partial charge in [-0.05, 0) is 48.0 Å². The van der Waals surface area contributed by atoms with Crippen molar-refractivity contribution in [3.8, 4) is 11.3 Å². The van der Waals surface area contributed by atoms with E-state index in [1.165, 1.54) is 16.8 Å². The summed E-state index contributed by atoms with van der Waals surface area (Å²) in [6, 6.07) is 12.5. The van der Waals surface area contributed by atoms with E-state index >= 15 is 0 Å². The Morgan fingerprint density at radius 1 is 1.16 bits per heavy atom. The third-order valence-electron chi connectivity index (χ3n) is 3.62. The van der Waals surface area contributed by atoms with Gasteiger partial charge in [0.1, 0.15) is 11.5 Å². The number of nitrogens with one attached hydrogen (secondary N) is 1. The largest absolute Gasteiger partial charge is 0.289 e. The quantitative estimate of drug-likeness (QED) is 0.413. The second-order valence-corrected chi connectivity index (χ2v) is 6.13. The Hall–Kier alpha value is -2.41. The highest BCUT2D eigenvalue weighted by atomic mass is 35.5. The van der Waals surface area contributed by atoms with Gasteiger partial charge in [0.25, 0.3) is 5.91 Å². The van der Waals surface area contributed by atoms with E-state index in [0.717, 1.165) is 5.56 Å². The van der Waals surface area contributed by atoms with Crippen molar-refractivity contribution in [1.82, 2.24) is 15.2 Å². The lowest BCUT2D eigenvalue weighted by atomic mass is 10.1. The van der Waals surface area contributed by atoms with Gasteiger partial charge in [-0.2, -0.15) is 5.10 Å². The molecule has 0 aliphatic rings. The molecule has 1 heterocycles. The molecule has 3 aromatic rings. The van der Waals surface area contributed by atoms with Gasteiger partial charge in [0.15, 0.2) is 0 Å². The van der Waals surface area contributed by atoms with Gasteiger partial charge in [-0.1, -0.05) is 29.3 Å². The van der Waals surface area contributed by atoms with Crippen LogP contribution in [0.1, 0.15) is 16.1 Å². The van der Waals surface area contributed by atoms with Crippen molar-refractivity contribution in [3.05, 3.63) is 75.7 Å². The molecule has 0 unspecified atom stereocenters. The molecule has 5 nitrogen and oxygen atoms in total.